The van der Waals surface area contributed by atoms with E-state index in [1.165, 1.54) is 18.2 Å². The van der Waals surface area contributed by atoms with Gasteiger partial charge in [-0.3, -0.25) is 9.67 Å². The maximum absolute atomic E-state index is 12.6. The van der Waals surface area contributed by atoms with Gasteiger partial charge in [-0.2, -0.15) is 10.2 Å². The van der Waals surface area contributed by atoms with Crippen molar-refractivity contribution in [3.05, 3.63) is 59.7 Å². The van der Waals surface area contributed by atoms with Gasteiger partial charge in [0.2, 0.25) is 5.88 Å². The molecule has 10 heteroatoms. The standard InChI is InChI=1S/C18H17F2N7O/c1-11-13(10-23-27(11)2)14-5-6-17(26-25-14)28-8-7-16(24-21)15-4-3-12(9-22-15)18(19)20/h3-7,9-10,18,21H,8H2,1-2H3/b16-7+,24-21?. The van der Waals surface area contributed by atoms with Crippen LogP contribution in [0, 0.1) is 12.5 Å². The highest BCUT2D eigenvalue weighted by Gasteiger charge is 2.10. The lowest BCUT2D eigenvalue weighted by atomic mass is 10.2. The normalized spacial score (nSPS) is 11.7. The lowest BCUT2D eigenvalue weighted by Gasteiger charge is -2.05. The molecular formula is C18H17F2N7O. The Labute approximate surface area is 159 Å². The highest BCUT2D eigenvalue weighted by Crippen LogP contribution is 2.22. The maximum Gasteiger partial charge on any atom is 0.265 e. The summed E-state index contributed by atoms with van der Waals surface area (Å²) in [6.07, 6.45) is 1.70. The number of halogens is 2. The summed E-state index contributed by atoms with van der Waals surface area (Å²) in [5.41, 5.74) is 10.1. The van der Waals surface area contributed by atoms with E-state index in [-0.39, 0.29) is 17.9 Å². The van der Waals surface area contributed by atoms with Crippen LogP contribution in [0.15, 0.2) is 47.8 Å². The summed E-state index contributed by atoms with van der Waals surface area (Å²) in [7, 11) is 1.85. The van der Waals surface area contributed by atoms with Crippen molar-refractivity contribution in [2.24, 2.45) is 12.2 Å². The van der Waals surface area contributed by atoms with Crippen LogP contribution >= 0.6 is 0 Å². The minimum absolute atomic E-state index is 0.0654. The molecule has 0 saturated heterocycles. The molecule has 3 rings (SSSR count). The van der Waals surface area contributed by atoms with Crippen LogP contribution in [0.2, 0.25) is 0 Å². The molecule has 0 atom stereocenters. The molecule has 1 N–H and O–H groups in total. The van der Waals surface area contributed by atoms with Crippen LogP contribution < -0.4 is 4.74 Å². The van der Waals surface area contributed by atoms with Crippen LogP contribution in [0.3, 0.4) is 0 Å². The van der Waals surface area contributed by atoms with Crippen LogP contribution in [0.5, 0.6) is 5.88 Å². The number of alkyl halides is 2. The third-order valence-corrected chi connectivity index (χ3v) is 4.08. The van der Waals surface area contributed by atoms with E-state index < -0.39 is 6.43 Å². The lowest BCUT2D eigenvalue weighted by molar-refractivity contribution is 0.151. The molecule has 0 unspecified atom stereocenters. The van der Waals surface area contributed by atoms with Gasteiger partial charge in [0.25, 0.3) is 6.43 Å². The van der Waals surface area contributed by atoms with E-state index in [2.05, 4.69) is 25.4 Å². The van der Waals surface area contributed by atoms with Crippen LogP contribution in [0.1, 0.15) is 23.4 Å². The van der Waals surface area contributed by atoms with Gasteiger partial charge in [0, 0.05) is 36.1 Å². The highest BCUT2D eigenvalue weighted by atomic mass is 19.3. The Hall–Kier alpha value is -3.56. The van der Waals surface area contributed by atoms with E-state index in [4.69, 9.17) is 10.3 Å². The van der Waals surface area contributed by atoms with Crippen molar-refractivity contribution < 1.29 is 13.5 Å². The maximum atomic E-state index is 12.6. The van der Waals surface area contributed by atoms with Gasteiger partial charge in [-0.25, -0.2) is 14.3 Å². The van der Waals surface area contributed by atoms with Crippen molar-refractivity contribution in [1.82, 2.24) is 25.0 Å². The van der Waals surface area contributed by atoms with Crippen molar-refractivity contribution in [2.45, 2.75) is 13.3 Å². The third-order valence-electron chi connectivity index (χ3n) is 4.08. The van der Waals surface area contributed by atoms with E-state index in [9.17, 15) is 8.78 Å². The van der Waals surface area contributed by atoms with E-state index in [0.29, 0.717) is 17.3 Å². The first-order valence-corrected chi connectivity index (χ1v) is 8.27. The molecule has 0 spiro atoms. The molecule has 0 aliphatic heterocycles. The zero-order valence-corrected chi connectivity index (χ0v) is 15.2. The first-order valence-electron chi connectivity index (χ1n) is 8.27. The van der Waals surface area contributed by atoms with Gasteiger partial charge in [-0.1, -0.05) is 0 Å². The number of pyridine rings is 1. The minimum Gasteiger partial charge on any atom is -0.472 e. The van der Waals surface area contributed by atoms with Crippen LogP contribution in [0.4, 0.5) is 8.78 Å². The van der Waals surface area contributed by atoms with E-state index in [0.717, 1.165) is 17.5 Å². The Bertz CT molecular complexity index is 982. The van der Waals surface area contributed by atoms with Gasteiger partial charge < -0.3 is 4.74 Å². The number of nitrogens with one attached hydrogen (secondary N) is 1. The van der Waals surface area contributed by atoms with Gasteiger partial charge in [0.1, 0.15) is 12.3 Å². The van der Waals surface area contributed by atoms with Crippen LogP contribution in [-0.2, 0) is 7.05 Å². The Kier molecular flexibility index (Phi) is 5.78. The lowest BCUT2D eigenvalue weighted by Crippen LogP contribution is -2.00. The zero-order chi connectivity index (χ0) is 20.1. The molecule has 8 nitrogen and oxygen atoms in total. The molecule has 3 heterocycles. The number of aryl methyl sites for hydroxylation is 1. The Morgan fingerprint density at radius 2 is 2.07 bits per heavy atom. The molecule has 0 amide bonds. The summed E-state index contributed by atoms with van der Waals surface area (Å²) in [6, 6.07) is 6.08. The fourth-order valence-electron chi connectivity index (χ4n) is 2.39. The van der Waals surface area contributed by atoms with Gasteiger partial charge in [0.15, 0.2) is 0 Å². The van der Waals surface area contributed by atoms with E-state index >= 15 is 0 Å². The zero-order valence-electron chi connectivity index (χ0n) is 15.2. The second kappa shape index (κ2) is 8.42. The molecule has 0 aliphatic rings. The van der Waals surface area contributed by atoms with Crippen molar-refractivity contribution in [3.63, 3.8) is 0 Å². The number of rotatable bonds is 7. The minimum atomic E-state index is -2.60. The van der Waals surface area contributed by atoms with Crippen LogP contribution in [0.25, 0.3) is 17.0 Å². The Morgan fingerprint density at radius 1 is 1.25 bits per heavy atom. The Balaban J connectivity index is 1.65. The number of hydrogen-bond donors (Lipinski definition) is 1. The molecule has 0 aliphatic carbocycles. The second-order valence-electron chi connectivity index (χ2n) is 5.81. The smallest absolute Gasteiger partial charge is 0.265 e. The molecule has 144 valence electrons. The quantitative estimate of drug-likeness (QED) is 0.620. The number of aromatic nitrogens is 5. The molecule has 0 fully saturated rings. The fraction of sp³-hybridized carbons (Fsp3) is 0.222. The van der Waals surface area contributed by atoms with Crippen molar-refractivity contribution in [3.8, 4) is 17.1 Å². The van der Waals surface area contributed by atoms with Gasteiger partial charge in [-0.05, 0) is 31.2 Å². The summed E-state index contributed by atoms with van der Waals surface area (Å²) >= 11 is 0. The summed E-state index contributed by atoms with van der Waals surface area (Å²) in [5.74, 6) is 0.298. The average molecular weight is 385 g/mol. The van der Waals surface area contributed by atoms with E-state index in [1.54, 1.807) is 23.0 Å². The first kappa shape index (κ1) is 19.2. The number of ether oxygens (including phenoxy) is 1. The van der Waals surface area contributed by atoms with Crippen molar-refractivity contribution >= 4 is 5.70 Å². The third kappa shape index (κ3) is 4.22. The molecule has 0 saturated carbocycles. The van der Waals surface area contributed by atoms with Crippen LogP contribution in [-0.4, -0.2) is 31.6 Å². The predicted molar refractivity (Wildman–Crippen MR) is 96.8 cm³/mol. The molecular weight excluding hydrogens is 368 g/mol. The summed E-state index contributed by atoms with van der Waals surface area (Å²) < 4.78 is 32.4. The topological polar surface area (TPSA) is 102 Å². The second-order valence-corrected chi connectivity index (χ2v) is 5.81. The number of hydrogen-bond acceptors (Lipinski definition) is 7. The predicted octanol–water partition coefficient (Wildman–Crippen LogP) is 3.97. The molecule has 0 radical (unpaired) electrons. The van der Waals surface area contributed by atoms with E-state index in [1.807, 2.05) is 14.0 Å². The first-order chi connectivity index (χ1) is 13.5. The monoisotopic (exact) mass is 385 g/mol. The highest BCUT2D eigenvalue weighted by molar-refractivity contribution is 5.61. The molecule has 28 heavy (non-hydrogen) atoms. The van der Waals surface area contributed by atoms with Gasteiger partial charge >= 0.3 is 0 Å². The number of nitrogens with zero attached hydrogens (tertiary/aromatic N) is 6. The van der Waals surface area contributed by atoms with Gasteiger partial charge in [0.05, 0.1) is 17.6 Å². The molecule has 0 bridgehead atoms. The molecule has 0 aromatic carbocycles. The SMILES string of the molecule is Cc1c(-c2ccc(OC/C=C(/N=N)c3ccc(C(F)F)cn3)nn2)cnn1C. The Morgan fingerprint density at radius 3 is 2.61 bits per heavy atom. The molecule has 3 aromatic rings. The fourth-order valence-corrected chi connectivity index (χ4v) is 2.39. The molecule has 3 aromatic heterocycles. The summed E-state index contributed by atoms with van der Waals surface area (Å²) in [4.78, 5) is 3.90. The summed E-state index contributed by atoms with van der Waals surface area (Å²) in [6.45, 7) is 2.00. The van der Waals surface area contributed by atoms with Crippen molar-refractivity contribution in [2.75, 3.05) is 6.61 Å². The average Bonchev–Trinajstić information content (AvgIpc) is 3.04. The summed E-state index contributed by atoms with van der Waals surface area (Å²) in [5, 5.41) is 15.7. The largest absolute Gasteiger partial charge is 0.472 e. The van der Waals surface area contributed by atoms with Crippen molar-refractivity contribution in [1.29, 1.82) is 5.53 Å². The van der Waals surface area contributed by atoms with Gasteiger partial charge in [-0.15, -0.1) is 10.2 Å².